The number of allylic oxidation sites excluding steroid dienone is 2. The Morgan fingerprint density at radius 2 is 0.929 bits per heavy atom. The Balaban J connectivity index is 0. The van der Waals surface area contributed by atoms with E-state index in [-0.39, 0.29) is 11.8 Å². The minimum atomic E-state index is -0.245. The lowest BCUT2D eigenvalue weighted by atomic mass is 9.37. The van der Waals surface area contributed by atoms with Crippen molar-refractivity contribution in [3.05, 3.63) is 12.2 Å². The summed E-state index contributed by atoms with van der Waals surface area (Å²) in [4.78, 5) is 19.4. The summed E-state index contributed by atoms with van der Waals surface area (Å²) in [6.07, 6.45) is 9.33. The van der Waals surface area contributed by atoms with Gasteiger partial charge < -0.3 is 9.53 Å². The number of rotatable bonds is 1. The van der Waals surface area contributed by atoms with Crippen molar-refractivity contribution < 1.29 is 14.3 Å². The number of Topliss-reactive ketones (excluding diaryl/α,β-unsaturated/α-hetero) is 1. The van der Waals surface area contributed by atoms with Crippen LogP contribution < -0.4 is 0 Å². The van der Waals surface area contributed by atoms with Gasteiger partial charge in [-0.1, -0.05) is 144 Å². The first-order chi connectivity index (χ1) is 18.2. The zero-order chi connectivity index (χ0) is 34.6. The Kier molecular flexibility index (Phi) is 14.2. The van der Waals surface area contributed by atoms with Crippen molar-refractivity contribution in [2.24, 2.45) is 48.7 Å². The third-order valence-electron chi connectivity index (χ3n) is 13.2. The van der Waals surface area contributed by atoms with E-state index in [9.17, 15) is 9.59 Å². The predicted molar refractivity (Wildman–Crippen MR) is 186 cm³/mol. The average Bonchev–Trinajstić information content (AvgIpc) is 2.91. The Morgan fingerprint density at radius 3 is 1.02 bits per heavy atom. The van der Waals surface area contributed by atoms with Crippen molar-refractivity contribution in [3.63, 3.8) is 0 Å². The Hall–Kier alpha value is -1.12. The summed E-state index contributed by atoms with van der Waals surface area (Å²) in [5, 5.41) is 0. The Bertz CT molecular complexity index is 828. The molecule has 0 saturated heterocycles. The summed E-state index contributed by atoms with van der Waals surface area (Å²) in [5.41, 5.74) is 3.31. The first-order valence-electron chi connectivity index (χ1n) is 16.5. The van der Waals surface area contributed by atoms with Gasteiger partial charge >= 0.3 is 5.97 Å². The van der Waals surface area contributed by atoms with Crippen LogP contribution in [-0.4, -0.2) is 18.9 Å². The molecule has 0 aliphatic heterocycles. The fourth-order valence-corrected chi connectivity index (χ4v) is 8.85. The molecule has 0 spiro atoms. The molecule has 0 heterocycles. The minimum Gasteiger partial charge on any atom is -0.469 e. The molecule has 3 aliphatic carbocycles. The number of methoxy groups -OCH3 is 1. The predicted octanol–water partition coefficient (Wildman–Crippen LogP) is 12.1. The molecule has 2 fully saturated rings. The first-order valence-corrected chi connectivity index (χ1v) is 16.5. The SMILES string of the molecule is CC(C)(C)C.CC1(C)C(C)(C)C2(C)C(C)(C)C(C)(C)C1(C)C2(C)C.CC1(C)C=CCCC1.CCC(C)=O.COC(C)=O. The zero-order valence-corrected chi connectivity index (χ0v) is 32.7. The van der Waals surface area contributed by atoms with Crippen LogP contribution in [0.15, 0.2) is 12.2 Å². The summed E-state index contributed by atoms with van der Waals surface area (Å²) in [6, 6.07) is 0. The number of fused-ring (bicyclic) bond motifs is 2. The van der Waals surface area contributed by atoms with E-state index in [1.54, 1.807) is 6.92 Å². The molecule has 0 amide bonds. The molecule has 3 rings (SSSR count). The zero-order valence-electron chi connectivity index (χ0n) is 32.7. The molecule has 0 aromatic rings. The normalized spacial score (nSPS) is 29.5. The molecule has 0 aromatic heterocycles. The van der Waals surface area contributed by atoms with Crippen molar-refractivity contribution >= 4 is 11.8 Å². The summed E-state index contributed by atoms with van der Waals surface area (Å²) >= 11 is 0. The number of ketones is 1. The molecule has 42 heavy (non-hydrogen) atoms. The highest BCUT2D eigenvalue weighted by Gasteiger charge is 2.88. The average molecular weight is 593 g/mol. The number of esters is 1. The first kappa shape index (κ1) is 43.0. The van der Waals surface area contributed by atoms with E-state index < -0.39 is 0 Å². The van der Waals surface area contributed by atoms with E-state index in [2.05, 4.69) is 142 Å². The van der Waals surface area contributed by atoms with Crippen LogP contribution in [-0.2, 0) is 14.3 Å². The molecule has 2 saturated carbocycles. The third kappa shape index (κ3) is 7.74. The Labute approximate surface area is 264 Å². The van der Waals surface area contributed by atoms with Gasteiger partial charge in [-0.2, -0.15) is 0 Å². The van der Waals surface area contributed by atoms with Crippen LogP contribution in [0.3, 0.4) is 0 Å². The molecule has 3 aliphatic rings. The molecule has 0 radical (unpaired) electrons. The molecule has 2 bridgehead atoms. The van der Waals surface area contributed by atoms with Gasteiger partial charge in [0.15, 0.2) is 0 Å². The number of carbonyl (C=O) groups excluding carboxylic acids is 2. The van der Waals surface area contributed by atoms with Crippen molar-refractivity contribution in [1.29, 1.82) is 0 Å². The lowest BCUT2D eigenvalue weighted by Gasteiger charge is -2.67. The smallest absolute Gasteiger partial charge is 0.302 e. The number of hydrogen-bond acceptors (Lipinski definition) is 3. The minimum absolute atomic E-state index is 0.245. The summed E-state index contributed by atoms with van der Waals surface area (Å²) < 4.78 is 4.11. The van der Waals surface area contributed by atoms with Crippen LogP contribution in [0.2, 0.25) is 0 Å². The number of hydrogen-bond donors (Lipinski definition) is 0. The third-order valence-corrected chi connectivity index (χ3v) is 13.2. The highest BCUT2D eigenvalue weighted by molar-refractivity contribution is 5.74. The van der Waals surface area contributed by atoms with E-state index in [0.717, 1.165) is 0 Å². The van der Waals surface area contributed by atoms with E-state index in [1.165, 1.54) is 33.3 Å². The molecule has 0 aromatic carbocycles. The Morgan fingerprint density at radius 1 is 0.667 bits per heavy atom. The highest BCUT2D eigenvalue weighted by atomic mass is 16.5. The van der Waals surface area contributed by atoms with Gasteiger partial charge in [-0.3, -0.25) is 4.79 Å². The highest BCUT2D eigenvalue weighted by Crippen LogP contribution is 2.94. The van der Waals surface area contributed by atoms with Gasteiger partial charge in [0.2, 0.25) is 0 Å². The van der Waals surface area contributed by atoms with Gasteiger partial charge in [0.05, 0.1) is 7.11 Å². The largest absolute Gasteiger partial charge is 0.469 e. The van der Waals surface area contributed by atoms with E-state index in [4.69, 9.17) is 0 Å². The van der Waals surface area contributed by atoms with Crippen LogP contribution in [0.5, 0.6) is 0 Å². The number of carbonyl (C=O) groups is 2. The van der Waals surface area contributed by atoms with Crippen molar-refractivity contribution in [2.75, 3.05) is 7.11 Å². The summed E-state index contributed by atoms with van der Waals surface area (Å²) in [7, 11) is 1.35. The van der Waals surface area contributed by atoms with Crippen LogP contribution in [0.4, 0.5) is 0 Å². The maximum atomic E-state index is 9.81. The molecule has 0 unspecified atom stereocenters. The second kappa shape index (κ2) is 13.9. The van der Waals surface area contributed by atoms with Crippen molar-refractivity contribution in [3.8, 4) is 0 Å². The van der Waals surface area contributed by atoms with Gasteiger partial charge in [-0.25, -0.2) is 0 Å². The summed E-state index contributed by atoms with van der Waals surface area (Å²) in [6.45, 7) is 48.6. The fraction of sp³-hybridized carbons (Fsp3) is 0.897. The van der Waals surface area contributed by atoms with E-state index >= 15 is 0 Å². The quantitative estimate of drug-likeness (QED) is 0.225. The molecule has 3 nitrogen and oxygen atoms in total. The van der Waals surface area contributed by atoms with Crippen LogP contribution >= 0.6 is 0 Å². The van der Waals surface area contributed by atoms with Crippen molar-refractivity contribution in [2.45, 2.75) is 171 Å². The van der Waals surface area contributed by atoms with Gasteiger partial charge in [0.1, 0.15) is 5.78 Å². The lowest BCUT2D eigenvalue weighted by Crippen LogP contribution is -2.61. The molecule has 0 N–H and O–H groups in total. The molecule has 3 heteroatoms. The second-order valence-corrected chi connectivity index (χ2v) is 18.4. The second-order valence-electron chi connectivity index (χ2n) is 18.4. The lowest BCUT2D eigenvalue weighted by molar-refractivity contribution is -0.193. The maximum absolute atomic E-state index is 9.81. The molecular formula is C39H76O3. The van der Waals surface area contributed by atoms with E-state index in [1.807, 2.05) is 6.92 Å². The molecule has 0 atom stereocenters. The standard InChI is InChI=1S/C19H36.C8H14.C5H12.C4H8O.C3H6O2/c1-13(2)14(3,4)19(12)16(7,8)15(5,6)18(13,11)17(19,9)10;1-8(2)6-4-3-5-7-8;1-5(2,3)4;1-3-4(2)5;1-3(4)5-2/h1-12H3;4,6H,3,5,7H2,1-2H3;1-4H3;3H2,1-2H3;1-2H3. The van der Waals surface area contributed by atoms with Crippen LogP contribution in [0.25, 0.3) is 0 Å². The maximum Gasteiger partial charge on any atom is 0.302 e. The van der Waals surface area contributed by atoms with Crippen molar-refractivity contribution in [1.82, 2.24) is 0 Å². The molecule has 250 valence electrons. The van der Waals surface area contributed by atoms with E-state index in [0.29, 0.717) is 55.2 Å². The topological polar surface area (TPSA) is 43.4 Å². The van der Waals surface area contributed by atoms with Gasteiger partial charge in [-0.05, 0) is 74.9 Å². The van der Waals surface area contributed by atoms with Crippen LogP contribution in [0.1, 0.15) is 171 Å². The number of ether oxygens (including phenoxy) is 1. The fourth-order valence-electron chi connectivity index (χ4n) is 8.85. The van der Waals surface area contributed by atoms with Gasteiger partial charge in [0, 0.05) is 13.3 Å². The van der Waals surface area contributed by atoms with Gasteiger partial charge in [-0.15, -0.1) is 0 Å². The monoisotopic (exact) mass is 593 g/mol. The van der Waals surface area contributed by atoms with Crippen LogP contribution in [0, 0.1) is 48.7 Å². The van der Waals surface area contributed by atoms with Gasteiger partial charge in [0.25, 0.3) is 0 Å². The summed E-state index contributed by atoms with van der Waals surface area (Å²) in [5.74, 6) is 0.00926. The molecular weight excluding hydrogens is 516 g/mol.